The highest BCUT2D eigenvalue weighted by atomic mass is 16.6. The van der Waals surface area contributed by atoms with Crippen LogP contribution in [0.25, 0.3) is 11.2 Å². The number of imidazole rings is 1. The Labute approximate surface area is 127 Å². The molecule has 0 bridgehead atoms. The lowest BCUT2D eigenvalue weighted by Crippen LogP contribution is -2.29. The summed E-state index contributed by atoms with van der Waals surface area (Å²) >= 11 is 0. The van der Waals surface area contributed by atoms with Gasteiger partial charge < -0.3 is 14.0 Å². The van der Waals surface area contributed by atoms with Gasteiger partial charge in [-0.05, 0) is 20.3 Å². The fourth-order valence-corrected chi connectivity index (χ4v) is 2.06. The fraction of sp³-hybridized carbons (Fsp3) is 0.500. The third kappa shape index (κ3) is 3.57. The number of hydrogen-bond acceptors (Lipinski definition) is 7. The van der Waals surface area contributed by atoms with E-state index in [4.69, 9.17) is 9.47 Å². The molecular formula is C14H18N4O4. The van der Waals surface area contributed by atoms with Crippen LogP contribution in [-0.4, -0.2) is 44.7 Å². The molecule has 8 heteroatoms. The van der Waals surface area contributed by atoms with Crippen molar-refractivity contribution in [1.82, 2.24) is 19.5 Å². The highest BCUT2D eigenvalue weighted by molar-refractivity contribution is 5.94. The molecule has 22 heavy (non-hydrogen) atoms. The van der Waals surface area contributed by atoms with Crippen LogP contribution in [0.3, 0.4) is 0 Å². The first kappa shape index (κ1) is 15.9. The summed E-state index contributed by atoms with van der Waals surface area (Å²) in [5, 5.41) is 0. The van der Waals surface area contributed by atoms with E-state index in [1.807, 2.05) is 0 Å². The summed E-state index contributed by atoms with van der Waals surface area (Å²) in [5.41, 5.74) is 1.31. The maximum Gasteiger partial charge on any atom is 0.320 e. The molecule has 8 nitrogen and oxygen atoms in total. The lowest BCUT2D eigenvalue weighted by atomic mass is 10.1. The summed E-state index contributed by atoms with van der Waals surface area (Å²) in [6.07, 6.45) is 4.89. The predicted octanol–water partition coefficient (Wildman–Crippen LogP) is 0.959. The minimum Gasteiger partial charge on any atom is -0.465 e. The number of hydrogen-bond donors (Lipinski definition) is 0. The minimum atomic E-state index is -0.945. The smallest absolute Gasteiger partial charge is 0.320 e. The van der Waals surface area contributed by atoms with E-state index in [1.54, 1.807) is 30.9 Å². The summed E-state index contributed by atoms with van der Waals surface area (Å²) in [7, 11) is 0. The van der Waals surface area contributed by atoms with E-state index < -0.39 is 17.9 Å². The van der Waals surface area contributed by atoms with Crippen molar-refractivity contribution < 1.29 is 19.1 Å². The van der Waals surface area contributed by atoms with Crippen LogP contribution in [-0.2, 0) is 25.6 Å². The van der Waals surface area contributed by atoms with E-state index >= 15 is 0 Å². The Hall–Kier alpha value is -2.51. The van der Waals surface area contributed by atoms with Crippen molar-refractivity contribution >= 4 is 23.1 Å². The summed E-state index contributed by atoms with van der Waals surface area (Å²) in [5.74, 6) is -2.08. The van der Waals surface area contributed by atoms with Gasteiger partial charge in [-0.1, -0.05) is 0 Å². The molecule has 0 saturated carbocycles. The van der Waals surface area contributed by atoms with Gasteiger partial charge in [-0.15, -0.1) is 0 Å². The zero-order valence-electron chi connectivity index (χ0n) is 12.6. The third-order valence-electron chi connectivity index (χ3n) is 3.08. The van der Waals surface area contributed by atoms with Gasteiger partial charge in [0, 0.05) is 6.54 Å². The van der Waals surface area contributed by atoms with Crippen molar-refractivity contribution in [2.75, 3.05) is 13.2 Å². The van der Waals surface area contributed by atoms with Crippen LogP contribution in [0.2, 0.25) is 0 Å². The second-order valence-electron chi connectivity index (χ2n) is 4.51. The molecule has 0 unspecified atom stereocenters. The molecule has 0 aliphatic rings. The molecule has 0 radical (unpaired) electrons. The van der Waals surface area contributed by atoms with Gasteiger partial charge in [0.05, 0.1) is 25.7 Å². The van der Waals surface area contributed by atoms with E-state index in [-0.39, 0.29) is 19.6 Å². The molecule has 2 heterocycles. The molecule has 118 valence electrons. The van der Waals surface area contributed by atoms with Gasteiger partial charge in [-0.2, -0.15) is 0 Å². The zero-order valence-corrected chi connectivity index (χ0v) is 12.6. The number of ether oxygens (including phenoxy) is 2. The first-order valence-corrected chi connectivity index (χ1v) is 7.11. The molecule has 0 aliphatic heterocycles. The number of rotatable bonds is 7. The van der Waals surface area contributed by atoms with Gasteiger partial charge >= 0.3 is 11.9 Å². The van der Waals surface area contributed by atoms with Crippen LogP contribution >= 0.6 is 0 Å². The normalized spacial score (nSPS) is 10.9. The van der Waals surface area contributed by atoms with Gasteiger partial charge in [0.15, 0.2) is 11.6 Å². The van der Waals surface area contributed by atoms with Crippen LogP contribution in [0, 0.1) is 5.92 Å². The number of carbonyl (C=O) groups excluding carboxylic acids is 2. The molecule has 0 amide bonds. The first-order valence-electron chi connectivity index (χ1n) is 7.11. The van der Waals surface area contributed by atoms with Crippen LogP contribution in [0.1, 0.15) is 20.3 Å². The number of carbonyl (C=O) groups is 2. The quantitative estimate of drug-likeness (QED) is 0.555. The Kier molecular flexibility index (Phi) is 5.40. The molecule has 0 N–H and O–H groups in total. The largest absolute Gasteiger partial charge is 0.465 e. The van der Waals surface area contributed by atoms with Crippen molar-refractivity contribution in [2.24, 2.45) is 5.92 Å². The number of aromatic nitrogens is 4. The maximum absolute atomic E-state index is 11.9. The number of esters is 2. The average Bonchev–Trinajstić information content (AvgIpc) is 2.91. The Morgan fingerprint density at radius 2 is 1.86 bits per heavy atom. The monoisotopic (exact) mass is 306 g/mol. The predicted molar refractivity (Wildman–Crippen MR) is 76.7 cm³/mol. The second-order valence-corrected chi connectivity index (χ2v) is 4.51. The summed E-state index contributed by atoms with van der Waals surface area (Å²) in [6.45, 7) is 4.22. The summed E-state index contributed by atoms with van der Waals surface area (Å²) in [4.78, 5) is 36.0. The van der Waals surface area contributed by atoms with E-state index in [2.05, 4.69) is 15.0 Å². The van der Waals surface area contributed by atoms with E-state index in [1.165, 1.54) is 6.33 Å². The molecule has 0 aliphatic carbocycles. The van der Waals surface area contributed by atoms with Crippen molar-refractivity contribution in [2.45, 2.75) is 26.8 Å². The Morgan fingerprint density at radius 3 is 2.50 bits per heavy atom. The molecule has 2 aromatic rings. The van der Waals surface area contributed by atoms with Gasteiger partial charge in [-0.25, -0.2) is 15.0 Å². The number of nitrogens with zero attached hydrogens (tertiary/aromatic N) is 4. The molecule has 2 aromatic heterocycles. The van der Waals surface area contributed by atoms with Crippen LogP contribution in [0.5, 0.6) is 0 Å². The van der Waals surface area contributed by atoms with Crippen molar-refractivity contribution in [3.05, 3.63) is 18.9 Å². The van der Waals surface area contributed by atoms with Gasteiger partial charge in [0.25, 0.3) is 0 Å². The minimum absolute atomic E-state index is 0.218. The summed E-state index contributed by atoms with van der Waals surface area (Å²) < 4.78 is 11.6. The molecule has 0 atom stereocenters. The zero-order chi connectivity index (χ0) is 15.9. The van der Waals surface area contributed by atoms with Crippen LogP contribution < -0.4 is 0 Å². The molecule has 0 aromatic carbocycles. The third-order valence-corrected chi connectivity index (χ3v) is 3.08. The molecule has 0 fully saturated rings. The number of aryl methyl sites for hydroxylation is 1. The van der Waals surface area contributed by atoms with Gasteiger partial charge in [0.1, 0.15) is 11.8 Å². The Balaban J connectivity index is 2.10. The first-order chi connectivity index (χ1) is 10.7. The van der Waals surface area contributed by atoms with E-state index in [0.717, 1.165) is 0 Å². The molecule has 2 rings (SSSR count). The molecule has 0 saturated heterocycles. The topological polar surface area (TPSA) is 96.2 Å². The Bertz CT molecular complexity index is 637. The fourth-order valence-electron chi connectivity index (χ4n) is 2.06. The maximum atomic E-state index is 11.9. The lowest BCUT2D eigenvalue weighted by Gasteiger charge is -2.14. The number of fused-ring (bicyclic) bond motifs is 1. The standard InChI is InChI=1S/C14H18N4O4/c1-3-21-13(19)10(14(20)22-4-2)5-6-18-9-17-11-7-15-8-16-12(11)18/h7-10H,3-6H2,1-2H3. The lowest BCUT2D eigenvalue weighted by molar-refractivity contribution is -0.162. The molecular weight excluding hydrogens is 288 g/mol. The average molecular weight is 306 g/mol. The van der Waals surface area contributed by atoms with Gasteiger partial charge in [-0.3, -0.25) is 9.59 Å². The van der Waals surface area contributed by atoms with Crippen LogP contribution in [0.4, 0.5) is 0 Å². The van der Waals surface area contributed by atoms with Gasteiger partial charge in [0.2, 0.25) is 0 Å². The van der Waals surface area contributed by atoms with Crippen molar-refractivity contribution in [3.8, 4) is 0 Å². The SMILES string of the molecule is CCOC(=O)C(CCn1cnc2cncnc21)C(=O)OCC. The van der Waals surface area contributed by atoms with Crippen molar-refractivity contribution in [1.29, 1.82) is 0 Å². The van der Waals surface area contributed by atoms with Crippen LogP contribution in [0.15, 0.2) is 18.9 Å². The van der Waals surface area contributed by atoms with Crippen molar-refractivity contribution in [3.63, 3.8) is 0 Å². The van der Waals surface area contributed by atoms with E-state index in [0.29, 0.717) is 17.7 Å². The Morgan fingerprint density at radius 1 is 1.18 bits per heavy atom. The van der Waals surface area contributed by atoms with E-state index in [9.17, 15) is 9.59 Å². The summed E-state index contributed by atoms with van der Waals surface area (Å²) in [6, 6.07) is 0. The highest BCUT2D eigenvalue weighted by Crippen LogP contribution is 2.14. The highest BCUT2D eigenvalue weighted by Gasteiger charge is 2.29. The second kappa shape index (κ2) is 7.48. The molecule has 0 spiro atoms.